The van der Waals surface area contributed by atoms with Gasteiger partial charge in [-0.3, -0.25) is 14.9 Å². The van der Waals surface area contributed by atoms with Crippen LogP contribution >= 0.6 is 11.3 Å². The highest BCUT2D eigenvalue weighted by molar-refractivity contribution is 7.15. The van der Waals surface area contributed by atoms with Gasteiger partial charge in [-0.25, -0.2) is 4.98 Å². The van der Waals surface area contributed by atoms with Gasteiger partial charge in [0.2, 0.25) is 0 Å². The van der Waals surface area contributed by atoms with Crippen LogP contribution in [0.2, 0.25) is 0 Å². The summed E-state index contributed by atoms with van der Waals surface area (Å²) in [6, 6.07) is 0. The third-order valence-electron chi connectivity index (χ3n) is 1.99. The fourth-order valence-corrected chi connectivity index (χ4v) is 1.81. The Labute approximate surface area is 98.3 Å². The summed E-state index contributed by atoms with van der Waals surface area (Å²) >= 11 is 1.36. The minimum atomic E-state index is -0.665. The van der Waals surface area contributed by atoms with Crippen molar-refractivity contribution in [3.63, 3.8) is 0 Å². The quantitative estimate of drug-likeness (QED) is 0.782. The highest BCUT2D eigenvalue weighted by atomic mass is 32.1. The first-order valence-electron chi connectivity index (χ1n) is 5.07. The van der Waals surface area contributed by atoms with Crippen LogP contribution in [0.15, 0.2) is 0 Å². The standard InChI is InChI=1S/C10H15N3O2S/c1-4-5-11-8(14)9(15)13-10-12-6(2)7(3)16-10/h4-5H2,1-3H3,(H,11,14)(H,12,13,15). The number of nitrogens with one attached hydrogen (secondary N) is 2. The molecule has 0 radical (unpaired) electrons. The van der Waals surface area contributed by atoms with Crippen LogP contribution in [0, 0.1) is 13.8 Å². The monoisotopic (exact) mass is 241 g/mol. The fraction of sp³-hybridized carbons (Fsp3) is 0.500. The summed E-state index contributed by atoms with van der Waals surface area (Å²) in [6.45, 7) is 6.20. The number of carbonyl (C=O) groups excluding carboxylic acids is 2. The zero-order valence-corrected chi connectivity index (χ0v) is 10.4. The summed E-state index contributed by atoms with van der Waals surface area (Å²) in [6.07, 6.45) is 0.800. The molecule has 1 rings (SSSR count). The molecule has 0 fully saturated rings. The minimum absolute atomic E-state index is 0.464. The second-order valence-electron chi connectivity index (χ2n) is 3.37. The van der Waals surface area contributed by atoms with Gasteiger partial charge in [-0.1, -0.05) is 6.92 Å². The number of thiazole rings is 1. The molecule has 0 aliphatic carbocycles. The van der Waals surface area contributed by atoms with E-state index in [0.29, 0.717) is 11.7 Å². The molecule has 1 aromatic heterocycles. The van der Waals surface area contributed by atoms with E-state index in [4.69, 9.17) is 0 Å². The van der Waals surface area contributed by atoms with E-state index in [-0.39, 0.29) is 0 Å². The minimum Gasteiger partial charge on any atom is -0.348 e. The van der Waals surface area contributed by atoms with Crippen molar-refractivity contribution in [2.75, 3.05) is 11.9 Å². The Balaban J connectivity index is 2.54. The maximum absolute atomic E-state index is 11.4. The first-order chi connectivity index (χ1) is 7.54. The Morgan fingerprint density at radius 2 is 2.00 bits per heavy atom. The van der Waals surface area contributed by atoms with Crippen LogP contribution < -0.4 is 10.6 Å². The highest BCUT2D eigenvalue weighted by Gasteiger charge is 2.14. The molecule has 1 aromatic rings. The second-order valence-corrected chi connectivity index (χ2v) is 4.57. The van der Waals surface area contributed by atoms with E-state index in [9.17, 15) is 9.59 Å². The first-order valence-corrected chi connectivity index (χ1v) is 5.89. The molecule has 0 aliphatic rings. The maximum atomic E-state index is 11.4. The number of hydrogen-bond acceptors (Lipinski definition) is 4. The van der Waals surface area contributed by atoms with E-state index in [0.717, 1.165) is 17.0 Å². The molecule has 0 atom stereocenters. The normalized spacial score (nSPS) is 9.94. The second kappa shape index (κ2) is 5.60. The Morgan fingerprint density at radius 3 is 2.50 bits per heavy atom. The average Bonchev–Trinajstić information content (AvgIpc) is 2.54. The molecular weight excluding hydrogens is 226 g/mol. The van der Waals surface area contributed by atoms with Crippen molar-refractivity contribution in [3.8, 4) is 0 Å². The zero-order valence-electron chi connectivity index (χ0n) is 9.59. The number of anilines is 1. The lowest BCUT2D eigenvalue weighted by Gasteiger charge is -2.02. The van der Waals surface area contributed by atoms with Gasteiger partial charge in [0, 0.05) is 11.4 Å². The molecular formula is C10H15N3O2S. The number of amides is 2. The summed E-state index contributed by atoms with van der Waals surface area (Å²) in [4.78, 5) is 27.8. The maximum Gasteiger partial charge on any atom is 0.315 e. The van der Waals surface area contributed by atoms with Gasteiger partial charge < -0.3 is 5.32 Å². The Morgan fingerprint density at radius 1 is 1.31 bits per heavy atom. The number of carbonyl (C=O) groups is 2. The number of nitrogens with zero attached hydrogens (tertiary/aromatic N) is 1. The number of rotatable bonds is 3. The van der Waals surface area contributed by atoms with Gasteiger partial charge in [-0.05, 0) is 20.3 Å². The number of aromatic nitrogens is 1. The summed E-state index contributed by atoms with van der Waals surface area (Å²) in [5, 5.41) is 5.43. The van der Waals surface area contributed by atoms with Crippen molar-refractivity contribution in [3.05, 3.63) is 10.6 Å². The topological polar surface area (TPSA) is 71.1 Å². The van der Waals surface area contributed by atoms with Crippen LogP contribution in [0.3, 0.4) is 0 Å². The molecule has 0 saturated heterocycles. The van der Waals surface area contributed by atoms with Crippen molar-refractivity contribution in [1.82, 2.24) is 10.3 Å². The van der Waals surface area contributed by atoms with Gasteiger partial charge in [0.1, 0.15) is 0 Å². The first kappa shape index (κ1) is 12.6. The largest absolute Gasteiger partial charge is 0.348 e. The molecule has 0 aliphatic heterocycles. The van der Waals surface area contributed by atoms with Gasteiger partial charge in [-0.15, -0.1) is 11.3 Å². The highest BCUT2D eigenvalue weighted by Crippen LogP contribution is 2.20. The molecule has 1 heterocycles. The van der Waals surface area contributed by atoms with Crippen LogP contribution in [0.4, 0.5) is 5.13 Å². The fourth-order valence-electron chi connectivity index (χ4n) is 0.999. The molecule has 0 spiro atoms. The van der Waals surface area contributed by atoms with Gasteiger partial charge >= 0.3 is 11.8 Å². The molecule has 16 heavy (non-hydrogen) atoms. The molecule has 2 N–H and O–H groups in total. The predicted molar refractivity (Wildman–Crippen MR) is 63.5 cm³/mol. The van der Waals surface area contributed by atoms with E-state index in [1.165, 1.54) is 11.3 Å². The zero-order chi connectivity index (χ0) is 12.1. The number of aryl methyl sites for hydroxylation is 2. The lowest BCUT2D eigenvalue weighted by molar-refractivity contribution is -0.136. The molecule has 5 nitrogen and oxygen atoms in total. The van der Waals surface area contributed by atoms with E-state index < -0.39 is 11.8 Å². The van der Waals surface area contributed by atoms with Crippen LogP contribution in [0.5, 0.6) is 0 Å². The van der Waals surface area contributed by atoms with Crippen molar-refractivity contribution in [2.45, 2.75) is 27.2 Å². The number of hydrogen-bond donors (Lipinski definition) is 2. The van der Waals surface area contributed by atoms with Crippen LogP contribution in [0.1, 0.15) is 23.9 Å². The lowest BCUT2D eigenvalue weighted by Crippen LogP contribution is -2.35. The lowest BCUT2D eigenvalue weighted by atomic mass is 10.4. The van der Waals surface area contributed by atoms with Gasteiger partial charge in [-0.2, -0.15) is 0 Å². The van der Waals surface area contributed by atoms with Crippen molar-refractivity contribution in [1.29, 1.82) is 0 Å². The SMILES string of the molecule is CCCNC(=O)C(=O)Nc1nc(C)c(C)s1. The Bertz CT molecular complexity index is 381. The molecule has 0 bridgehead atoms. The van der Waals surface area contributed by atoms with Crippen LogP contribution in [-0.2, 0) is 9.59 Å². The summed E-state index contributed by atoms with van der Waals surface area (Å²) in [5.41, 5.74) is 0.870. The average molecular weight is 241 g/mol. The molecule has 0 aromatic carbocycles. The smallest absolute Gasteiger partial charge is 0.315 e. The molecule has 6 heteroatoms. The Hall–Kier alpha value is -1.43. The van der Waals surface area contributed by atoms with Gasteiger partial charge in [0.15, 0.2) is 5.13 Å². The van der Waals surface area contributed by atoms with Crippen LogP contribution in [-0.4, -0.2) is 23.3 Å². The summed E-state index contributed by atoms with van der Waals surface area (Å²) in [7, 11) is 0. The molecule has 0 saturated carbocycles. The van der Waals surface area contributed by atoms with E-state index in [2.05, 4.69) is 15.6 Å². The summed E-state index contributed by atoms with van der Waals surface area (Å²) < 4.78 is 0. The molecule has 2 amide bonds. The predicted octanol–water partition coefficient (Wildman–Crippen LogP) is 1.22. The summed E-state index contributed by atoms with van der Waals surface area (Å²) in [5.74, 6) is -1.28. The third-order valence-corrected chi connectivity index (χ3v) is 2.98. The third kappa shape index (κ3) is 3.30. The van der Waals surface area contributed by atoms with E-state index in [1.54, 1.807) is 0 Å². The van der Waals surface area contributed by atoms with Gasteiger partial charge in [0.05, 0.1) is 5.69 Å². The van der Waals surface area contributed by atoms with Crippen molar-refractivity contribution in [2.24, 2.45) is 0 Å². The molecule has 0 unspecified atom stereocenters. The van der Waals surface area contributed by atoms with E-state index in [1.807, 2.05) is 20.8 Å². The van der Waals surface area contributed by atoms with Crippen molar-refractivity contribution < 1.29 is 9.59 Å². The van der Waals surface area contributed by atoms with E-state index >= 15 is 0 Å². The van der Waals surface area contributed by atoms with Crippen molar-refractivity contribution >= 4 is 28.3 Å². The molecule has 88 valence electrons. The van der Waals surface area contributed by atoms with Crippen LogP contribution in [0.25, 0.3) is 0 Å². The van der Waals surface area contributed by atoms with Gasteiger partial charge in [0.25, 0.3) is 0 Å². The Kier molecular flexibility index (Phi) is 4.42.